The molecule has 1 fully saturated rings. The predicted molar refractivity (Wildman–Crippen MR) is 82.5 cm³/mol. The number of nitrogens with two attached hydrogens (primary N) is 1. The first-order valence-electron chi connectivity index (χ1n) is 7.09. The summed E-state index contributed by atoms with van der Waals surface area (Å²) in [5.41, 5.74) is 10.1. The largest absolute Gasteiger partial charge is 0.472 e. The Labute approximate surface area is 123 Å². The summed E-state index contributed by atoms with van der Waals surface area (Å²) in [6, 6.07) is 5.81. The van der Waals surface area contributed by atoms with E-state index in [1.54, 1.807) is 12.5 Å². The van der Waals surface area contributed by atoms with Crippen LogP contribution in [-0.4, -0.2) is 32.1 Å². The van der Waals surface area contributed by atoms with E-state index in [-0.39, 0.29) is 0 Å². The molecule has 2 aromatic rings. The van der Waals surface area contributed by atoms with Gasteiger partial charge in [0.05, 0.1) is 18.1 Å². The van der Waals surface area contributed by atoms with Crippen LogP contribution in [0.25, 0.3) is 11.1 Å². The normalized spacial score (nSPS) is 15.2. The van der Waals surface area contributed by atoms with Crippen LogP contribution < -0.4 is 16.0 Å². The Kier molecular flexibility index (Phi) is 3.66. The maximum Gasteiger partial charge on any atom is 0.250 e. The van der Waals surface area contributed by atoms with Crippen molar-refractivity contribution in [3.63, 3.8) is 0 Å². The van der Waals surface area contributed by atoms with Crippen LogP contribution >= 0.6 is 0 Å². The number of aryl methyl sites for hydroxylation is 1. The molecule has 0 unspecified atom stereocenters. The molecular weight excluding hydrogens is 266 g/mol. The van der Waals surface area contributed by atoms with E-state index in [1.165, 1.54) is 0 Å². The van der Waals surface area contributed by atoms with Gasteiger partial charge < -0.3 is 20.4 Å². The molecule has 0 aliphatic carbocycles. The summed E-state index contributed by atoms with van der Waals surface area (Å²) in [5.74, 6) is -0.395. The molecule has 3 rings (SSSR count). The van der Waals surface area contributed by atoms with Crippen molar-refractivity contribution in [2.75, 3.05) is 31.1 Å². The van der Waals surface area contributed by atoms with Gasteiger partial charge in [0, 0.05) is 37.4 Å². The molecule has 1 saturated heterocycles. The van der Waals surface area contributed by atoms with Crippen LogP contribution in [0.3, 0.4) is 0 Å². The SMILES string of the molecule is Cc1cc(N2CCNCC2)c(C(N)=O)cc1-c1ccoc1. The lowest BCUT2D eigenvalue weighted by Crippen LogP contribution is -2.44. The van der Waals surface area contributed by atoms with Crippen LogP contribution in [-0.2, 0) is 0 Å². The molecule has 110 valence electrons. The molecule has 1 aliphatic rings. The molecule has 1 amide bonds. The van der Waals surface area contributed by atoms with E-state index >= 15 is 0 Å². The minimum atomic E-state index is -0.395. The number of hydrogen-bond acceptors (Lipinski definition) is 4. The highest BCUT2D eigenvalue weighted by Gasteiger charge is 2.19. The van der Waals surface area contributed by atoms with Crippen LogP contribution in [0.15, 0.2) is 35.1 Å². The molecule has 0 atom stereocenters. The Hall–Kier alpha value is -2.27. The third-order valence-electron chi connectivity index (χ3n) is 3.90. The fourth-order valence-electron chi connectivity index (χ4n) is 2.79. The first-order chi connectivity index (χ1) is 10.2. The second-order valence-corrected chi connectivity index (χ2v) is 5.30. The lowest BCUT2D eigenvalue weighted by Gasteiger charge is -2.31. The molecule has 1 aliphatic heterocycles. The highest BCUT2D eigenvalue weighted by Crippen LogP contribution is 2.31. The second-order valence-electron chi connectivity index (χ2n) is 5.30. The van der Waals surface area contributed by atoms with Crippen molar-refractivity contribution < 1.29 is 9.21 Å². The van der Waals surface area contributed by atoms with Crippen molar-refractivity contribution in [3.8, 4) is 11.1 Å². The van der Waals surface area contributed by atoms with Crippen LogP contribution in [0.1, 0.15) is 15.9 Å². The van der Waals surface area contributed by atoms with E-state index in [0.29, 0.717) is 5.56 Å². The second kappa shape index (κ2) is 5.61. The van der Waals surface area contributed by atoms with Crippen LogP contribution in [0.5, 0.6) is 0 Å². The van der Waals surface area contributed by atoms with Crippen molar-refractivity contribution in [1.29, 1.82) is 0 Å². The third kappa shape index (κ3) is 2.64. The molecule has 5 nitrogen and oxygen atoms in total. The Morgan fingerprint density at radius 1 is 1.33 bits per heavy atom. The van der Waals surface area contributed by atoms with Gasteiger partial charge in [-0.3, -0.25) is 4.79 Å². The number of furan rings is 1. The van der Waals surface area contributed by atoms with Crippen molar-refractivity contribution in [3.05, 3.63) is 41.9 Å². The van der Waals surface area contributed by atoms with Gasteiger partial charge in [-0.15, -0.1) is 0 Å². The van der Waals surface area contributed by atoms with E-state index in [2.05, 4.69) is 10.2 Å². The summed E-state index contributed by atoms with van der Waals surface area (Å²) in [7, 11) is 0. The number of carbonyl (C=O) groups excluding carboxylic acids is 1. The summed E-state index contributed by atoms with van der Waals surface area (Å²) in [6.07, 6.45) is 3.31. The zero-order valence-corrected chi connectivity index (χ0v) is 12.1. The molecule has 1 aromatic carbocycles. The van der Waals surface area contributed by atoms with E-state index in [4.69, 9.17) is 10.2 Å². The Bertz CT molecular complexity index is 644. The third-order valence-corrected chi connectivity index (χ3v) is 3.90. The number of piperazine rings is 1. The molecule has 0 saturated carbocycles. The van der Waals surface area contributed by atoms with Gasteiger partial charge in [0.2, 0.25) is 0 Å². The number of nitrogens with one attached hydrogen (secondary N) is 1. The molecule has 1 aromatic heterocycles. The predicted octanol–water partition coefficient (Wildman–Crippen LogP) is 1.76. The highest BCUT2D eigenvalue weighted by atomic mass is 16.3. The number of nitrogens with zero attached hydrogens (tertiary/aromatic N) is 1. The van der Waals surface area contributed by atoms with Crippen molar-refractivity contribution in [2.24, 2.45) is 5.73 Å². The van der Waals surface area contributed by atoms with E-state index in [0.717, 1.165) is 48.6 Å². The van der Waals surface area contributed by atoms with Crippen molar-refractivity contribution >= 4 is 11.6 Å². The van der Waals surface area contributed by atoms with Gasteiger partial charge >= 0.3 is 0 Å². The summed E-state index contributed by atoms with van der Waals surface area (Å²) in [4.78, 5) is 14.1. The molecule has 5 heteroatoms. The summed E-state index contributed by atoms with van der Waals surface area (Å²) >= 11 is 0. The van der Waals surface area contributed by atoms with E-state index in [9.17, 15) is 4.79 Å². The van der Waals surface area contributed by atoms with E-state index < -0.39 is 5.91 Å². The van der Waals surface area contributed by atoms with Crippen LogP contribution in [0.4, 0.5) is 5.69 Å². The monoisotopic (exact) mass is 285 g/mol. The van der Waals surface area contributed by atoms with Gasteiger partial charge in [0.15, 0.2) is 0 Å². The zero-order chi connectivity index (χ0) is 14.8. The summed E-state index contributed by atoms with van der Waals surface area (Å²) in [5, 5.41) is 3.31. The first kappa shape index (κ1) is 13.7. The van der Waals surface area contributed by atoms with Gasteiger partial charge in [-0.25, -0.2) is 0 Å². The standard InChI is InChI=1S/C16H19N3O2/c1-11-8-15(19-5-3-18-4-6-19)14(16(17)20)9-13(11)12-2-7-21-10-12/h2,7-10,18H,3-6H2,1H3,(H2,17,20). The maximum absolute atomic E-state index is 11.9. The van der Waals surface area contributed by atoms with Gasteiger partial charge in [0.1, 0.15) is 0 Å². The van der Waals surface area contributed by atoms with Gasteiger partial charge in [-0.2, -0.15) is 0 Å². The Morgan fingerprint density at radius 3 is 2.71 bits per heavy atom. The van der Waals surface area contributed by atoms with Crippen molar-refractivity contribution in [1.82, 2.24) is 5.32 Å². The quantitative estimate of drug-likeness (QED) is 0.901. The molecular formula is C16H19N3O2. The highest BCUT2D eigenvalue weighted by molar-refractivity contribution is 6.00. The van der Waals surface area contributed by atoms with Gasteiger partial charge in [0.25, 0.3) is 5.91 Å². The van der Waals surface area contributed by atoms with Crippen LogP contribution in [0, 0.1) is 6.92 Å². The first-order valence-corrected chi connectivity index (χ1v) is 7.09. The topological polar surface area (TPSA) is 71.5 Å². The number of carbonyl (C=O) groups is 1. The molecule has 21 heavy (non-hydrogen) atoms. The number of rotatable bonds is 3. The average molecular weight is 285 g/mol. The lowest BCUT2D eigenvalue weighted by molar-refractivity contribution is 0.100. The number of amides is 1. The Morgan fingerprint density at radius 2 is 2.10 bits per heavy atom. The number of benzene rings is 1. The molecule has 2 heterocycles. The zero-order valence-electron chi connectivity index (χ0n) is 12.1. The number of hydrogen-bond donors (Lipinski definition) is 2. The minimum Gasteiger partial charge on any atom is -0.472 e. The lowest BCUT2D eigenvalue weighted by atomic mass is 9.97. The van der Waals surface area contributed by atoms with Crippen molar-refractivity contribution in [2.45, 2.75) is 6.92 Å². The maximum atomic E-state index is 11.9. The molecule has 0 bridgehead atoms. The average Bonchev–Trinajstić information content (AvgIpc) is 3.01. The summed E-state index contributed by atoms with van der Waals surface area (Å²) < 4.78 is 5.14. The Balaban J connectivity index is 2.08. The summed E-state index contributed by atoms with van der Waals surface area (Å²) in [6.45, 7) is 5.63. The fraction of sp³-hybridized carbons (Fsp3) is 0.312. The molecule has 0 radical (unpaired) electrons. The molecule has 0 spiro atoms. The fourth-order valence-corrected chi connectivity index (χ4v) is 2.79. The minimum absolute atomic E-state index is 0.395. The number of anilines is 1. The number of primary amides is 1. The van der Waals surface area contributed by atoms with Gasteiger partial charge in [-0.1, -0.05) is 0 Å². The van der Waals surface area contributed by atoms with Crippen LogP contribution in [0.2, 0.25) is 0 Å². The molecule has 3 N–H and O–H groups in total. The smallest absolute Gasteiger partial charge is 0.250 e. The van der Waals surface area contributed by atoms with E-state index in [1.807, 2.05) is 25.1 Å². The van der Waals surface area contributed by atoms with Gasteiger partial charge in [-0.05, 0) is 36.2 Å².